The van der Waals surface area contributed by atoms with Crippen molar-refractivity contribution in [1.29, 1.82) is 0 Å². The molecule has 42 heavy (non-hydrogen) atoms. The number of carbonyl (C=O) groups excluding carboxylic acids is 4. The number of ether oxygens (including phenoxy) is 1. The molecule has 0 saturated carbocycles. The highest BCUT2D eigenvalue weighted by Crippen LogP contribution is 2.28. The lowest BCUT2D eigenvalue weighted by molar-refractivity contribution is -0.124. The van der Waals surface area contributed by atoms with Gasteiger partial charge in [0.15, 0.2) is 0 Å². The number of primary amides is 1. The molecule has 0 fully saturated rings. The molecule has 1 aliphatic heterocycles. The van der Waals surface area contributed by atoms with Gasteiger partial charge in [0.2, 0.25) is 12.1 Å². The van der Waals surface area contributed by atoms with Gasteiger partial charge >= 0.3 is 12.1 Å². The molecule has 0 spiro atoms. The molecule has 3 aromatic rings. The maximum Gasteiger partial charge on any atom is 0.409 e. The highest BCUT2D eigenvalue weighted by molar-refractivity contribution is 6.20. The molecule has 216 valence electrons. The monoisotopic (exact) mass is 569 g/mol. The third-order valence-electron chi connectivity index (χ3n) is 6.24. The van der Waals surface area contributed by atoms with Gasteiger partial charge in [-0.15, -0.1) is 0 Å². The number of nitrogens with zero attached hydrogens (tertiary/aromatic N) is 3. The number of hydrogen-bond donors (Lipinski definition) is 4. The summed E-state index contributed by atoms with van der Waals surface area (Å²) in [4.78, 5) is 56.7. The average Bonchev–Trinajstić information content (AvgIpc) is 3.11. The molecule has 2 unspecified atom stereocenters. The molecule has 12 heteroatoms. The molecular formula is C30H31N7O5. The van der Waals surface area contributed by atoms with Gasteiger partial charge in [0.05, 0.1) is 17.4 Å². The van der Waals surface area contributed by atoms with E-state index in [1.54, 1.807) is 24.3 Å². The van der Waals surface area contributed by atoms with Crippen LogP contribution in [0.3, 0.4) is 0 Å². The number of anilines is 1. The maximum atomic E-state index is 13.9. The number of aliphatic imine (C=N–C) groups is 1. The molecule has 0 radical (unpaired) electrons. The summed E-state index contributed by atoms with van der Waals surface area (Å²) in [5.41, 5.74) is 10.1. The first-order chi connectivity index (χ1) is 20.4. The SMILES string of the molecule is CCC(/C=N\NC(N)=O)NC(=O)CN1C(=O)C(NC(=O)OCc2ccccc2)N=C(c2ccccc2)c2ccccc21. The van der Waals surface area contributed by atoms with Crippen molar-refractivity contribution in [2.45, 2.75) is 32.2 Å². The molecule has 0 aromatic heterocycles. The highest BCUT2D eigenvalue weighted by Gasteiger charge is 2.34. The van der Waals surface area contributed by atoms with Crippen molar-refractivity contribution >= 4 is 41.6 Å². The number of benzene rings is 3. The molecule has 1 heterocycles. The smallest absolute Gasteiger partial charge is 0.409 e. The number of fused-ring (bicyclic) bond motifs is 1. The van der Waals surface area contributed by atoms with Crippen LogP contribution in [0.5, 0.6) is 0 Å². The van der Waals surface area contributed by atoms with Crippen LogP contribution in [0, 0.1) is 0 Å². The minimum Gasteiger partial charge on any atom is -0.445 e. The van der Waals surface area contributed by atoms with E-state index in [4.69, 9.17) is 10.5 Å². The number of benzodiazepines with no additional fused rings is 1. The van der Waals surface area contributed by atoms with Crippen LogP contribution in [0.1, 0.15) is 30.0 Å². The van der Waals surface area contributed by atoms with Crippen molar-refractivity contribution in [1.82, 2.24) is 16.1 Å². The van der Waals surface area contributed by atoms with E-state index >= 15 is 0 Å². The molecule has 0 saturated heterocycles. The fraction of sp³-hybridized carbons (Fsp3) is 0.200. The van der Waals surface area contributed by atoms with E-state index < -0.39 is 36.1 Å². The lowest BCUT2D eigenvalue weighted by Gasteiger charge is -2.25. The number of nitrogens with two attached hydrogens (primary N) is 1. The van der Waals surface area contributed by atoms with Crippen LogP contribution in [-0.2, 0) is 20.9 Å². The molecule has 3 aromatic carbocycles. The van der Waals surface area contributed by atoms with Crippen LogP contribution < -0.4 is 26.7 Å². The zero-order valence-electron chi connectivity index (χ0n) is 22.9. The van der Waals surface area contributed by atoms with Gasteiger partial charge in [-0.2, -0.15) is 5.10 Å². The molecule has 1 aliphatic rings. The Morgan fingerprint density at radius 1 is 1.02 bits per heavy atom. The van der Waals surface area contributed by atoms with E-state index in [1.807, 2.05) is 67.6 Å². The van der Waals surface area contributed by atoms with Gasteiger partial charge in [-0.1, -0.05) is 85.8 Å². The summed E-state index contributed by atoms with van der Waals surface area (Å²) >= 11 is 0. The van der Waals surface area contributed by atoms with Crippen molar-refractivity contribution in [3.05, 3.63) is 102 Å². The standard InChI is InChI=1S/C30H31N7O5/c1-2-22(17-32-36-29(31)40)33-25(38)18-37-24-16-10-9-15-23(24)26(21-13-7-4-8-14-21)34-27(28(37)39)35-30(41)42-19-20-11-5-3-6-12-20/h3-17,22,27H,2,18-19H2,1H3,(H,33,38)(H,35,41)(H3,31,36,40)/b32-17-. The predicted octanol–water partition coefficient (Wildman–Crippen LogP) is 2.67. The van der Waals surface area contributed by atoms with E-state index in [0.29, 0.717) is 23.4 Å². The Labute approximate surface area is 242 Å². The molecule has 5 amide bonds. The van der Waals surface area contributed by atoms with Crippen LogP contribution in [0.15, 0.2) is 95.0 Å². The summed E-state index contributed by atoms with van der Waals surface area (Å²) in [5, 5.41) is 9.05. The van der Waals surface area contributed by atoms with Gasteiger partial charge in [-0.05, 0) is 18.1 Å². The number of amides is 5. The van der Waals surface area contributed by atoms with Crippen molar-refractivity contribution < 1.29 is 23.9 Å². The number of carbonyl (C=O) groups is 4. The normalized spacial score (nSPS) is 15.2. The van der Waals surface area contributed by atoms with Gasteiger partial charge in [0, 0.05) is 17.3 Å². The second kappa shape index (κ2) is 14.2. The third kappa shape index (κ3) is 7.78. The Hall–Kier alpha value is -5.52. The predicted molar refractivity (Wildman–Crippen MR) is 158 cm³/mol. The Bertz CT molecular complexity index is 1480. The number of hydrogen-bond acceptors (Lipinski definition) is 7. The van der Waals surface area contributed by atoms with Gasteiger partial charge in [0.25, 0.3) is 5.91 Å². The largest absolute Gasteiger partial charge is 0.445 e. The Morgan fingerprint density at radius 3 is 2.38 bits per heavy atom. The number of nitrogens with one attached hydrogen (secondary N) is 3. The minimum atomic E-state index is -1.38. The zero-order valence-corrected chi connectivity index (χ0v) is 22.9. The fourth-order valence-electron chi connectivity index (χ4n) is 4.22. The molecule has 0 aliphatic carbocycles. The number of urea groups is 1. The summed E-state index contributed by atoms with van der Waals surface area (Å²) in [7, 11) is 0. The van der Waals surface area contributed by atoms with Crippen molar-refractivity contribution in [3.8, 4) is 0 Å². The van der Waals surface area contributed by atoms with E-state index in [1.165, 1.54) is 11.1 Å². The second-order valence-corrected chi connectivity index (χ2v) is 9.23. The van der Waals surface area contributed by atoms with Gasteiger partial charge in [-0.3, -0.25) is 19.8 Å². The number of para-hydroxylation sites is 1. The van der Waals surface area contributed by atoms with E-state index in [-0.39, 0.29) is 13.2 Å². The third-order valence-corrected chi connectivity index (χ3v) is 6.24. The number of rotatable bonds is 10. The van der Waals surface area contributed by atoms with Crippen molar-refractivity contribution in [2.24, 2.45) is 15.8 Å². The van der Waals surface area contributed by atoms with Crippen LogP contribution in [-0.4, -0.2) is 54.6 Å². The fourth-order valence-corrected chi connectivity index (χ4v) is 4.22. The topological polar surface area (TPSA) is 168 Å². The quantitative estimate of drug-likeness (QED) is 0.217. The lowest BCUT2D eigenvalue weighted by Crippen LogP contribution is -2.51. The van der Waals surface area contributed by atoms with Crippen LogP contribution >= 0.6 is 0 Å². The lowest BCUT2D eigenvalue weighted by atomic mass is 10.0. The van der Waals surface area contributed by atoms with Crippen molar-refractivity contribution in [3.63, 3.8) is 0 Å². The van der Waals surface area contributed by atoms with Gasteiger partial charge in [0.1, 0.15) is 13.2 Å². The molecule has 0 bridgehead atoms. The van der Waals surface area contributed by atoms with Gasteiger partial charge in [-0.25, -0.2) is 20.0 Å². The molecule has 2 atom stereocenters. The summed E-state index contributed by atoms with van der Waals surface area (Å²) < 4.78 is 5.35. The summed E-state index contributed by atoms with van der Waals surface area (Å²) in [5.74, 6) is -1.12. The Kier molecular flexibility index (Phi) is 9.97. The van der Waals surface area contributed by atoms with Crippen LogP contribution in [0.2, 0.25) is 0 Å². The number of hydrazone groups is 1. The average molecular weight is 570 g/mol. The number of alkyl carbamates (subject to hydrolysis) is 1. The first kappa shape index (κ1) is 29.5. The van der Waals surface area contributed by atoms with E-state index in [2.05, 4.69) is 26.2 Å². The highest BCUT2D eigenvalue weighted by atomic mass is 16.5. The Morgan fingerprint density at radius 2 is 1.69 bits per heavy atom. The van der Waals surface area contributed by atoms with Crippen LogP contribution in [0.4, 0.5) is 15.3 Å². The van der Waals surface area contributed by atoms with E-state index in [0.717, 1.165) is 11.1 Å². The van der Waals surface area contributed by atoms with Crippen molar-refractivity contribution in [2.75, 3.05) is 11.4 Å². The first-order valence-corrected chi connectivity index (χ1v) is 13.2. The maximum absolute atomic E-state index is 13.9. The Balaban J connectivity index is 1.62. The minimum absolute atomic E-state index is 0.000242. The zero-order chi connectivity index (χ0) is 29.9. The van der Waals surface area contributed by atoms with E-state index in [9.17, 15) is 19.2 Å². The molecule has 5 N–H and O–H groups in total. The second-order valence-electron chi connectivity index (χ2n) is 9.23. The first-order valence-electron chi connectivity index (χ1n) is 13.2. The molecule has 12 nitrogen and oxygen atoms in total. The van der Waals surface area contributed by atoms with Gasteiger partial charge < -0.3 is 15.8 Å². The van der Waals surface area contributed by atoms with Crippen LogP contribution in [0.25, 0.3) is 0 Å². The molecule has 4 rings (SSSR count). The summed E-state index contributed by atoms with van der Waals surface area (Å²) in [6, 6.07) is 24.0. The summed E-state index contributed by atoms with van der Waals surface area (Å²) in [6.07, 6.45) is -0.427. The molecular weight excluding hydrogens is 538 g/mol. The summed E-state index contributed by atoms with van der Waals surface area (Å²) in [6.45, 7) is 1.44.